The average Bonchev–Trinajstić information content (AvgIpc) is 2.86. The van der Waals surface area contributed by atoms with E-state index in [1.54, 1.807) is 13.2 Å². The zero-order valence-corrected chi connectivity index (χ0v) is 20.1. The summed E-state index contributed by atoms with van der Waals surface area (Å²) < 4.78 is 7.16. The number of aromatic nitrogens is 1. The first kappa shape index (κ1) is 23.6. The van der Waals surface area contributed by atoms with Crippen LogP contribution >= 0.6 is 11.8 Å². The van der Waals surface area contributed by atoms with Crippen LogP contribution in [0.4, 0.5) is 0 Å². The Morgan fingerprint density at radius 2 is 1.79 bits per heavy atom. The number of ether oxygens (including phenoxy) is 1. The second kappa shape index (κ2) is 11.0. The van der Waals surface area contributed by atoms with E-state index in [0.29, 0.717) is 6.54 Å². The molecule has 5 nitrogen and oxygen atoms in total. The highest BCUT2D eigenvalue weighted by atomic mass is 32.2. The molecule has 1 aliphatic heterocycles. The van der Waals surface area contributed by atoms with E-state index in [1.165, 1.54) is 11.2 Å². The van der Waals surface area contributed by atoms with Crippen molar-refractivity contribution in [3.05, 3.63) is 71.0 Å². The number of carbonyl (C=O) groups is 1. The number of pyridine rings is 1. The molecule has 0 aliphatic carbocycles. The number of rotatable bonds is 10. The molecule has 0 atom stereocenters. The molecule has 0 saturated carbocycles. The number of benzene rings is 2. The lowest BCUT2D eigenvalue weighted by Crippen LogP contribution is -2.42. The summed E-state index contributed by atoms with van der Waals surface area (Å²) in [6.07, 6.45) is 4.59. The van der Waals surface area contributed by atoms with Crippen molar-refractivity contribution in [3.63, 3.8) is 0 Å². The standard InChI is InChI=1S/C27H32N2O3S/c1-32-23-10-8-22-9-11-26(31)29(25(22)20-23)15-5-12-27(21-30)13-16-28(17-14-27)18-19-33-24-6-3-2-4-7-24/h2-4,6-11,20-21H,5,12-19H2,1H3. The summed E-state index contributed by atoms with van der Waals surface area (Å²) in [7, 11) is 1.63. The molecule has 2 heterocycles. The summed E-state index contributed by atoms with van der Waals surface area (Å²) >= 11 is 1.88. The van der Waals surface area contributed by atoms with Crippen LogP contribution in [0.2, 0.25) is 0 Å². The third-order valence-electron chi connectivity index (χ3n) is 6.78. The lowest BCUT2D eigenvalue weighted by molar-refractivity contribution is -0.119. The molecule has 1 aromatic heterocycles. The van der Waals surface area contributed by atoms with Crippen LogP contribution in [0.5, 0.6) is 5.75 Å². The monoisotopic (exact) mass is 464 g/mol. The van der Waals surface area contributed by atoms with E-state index in [2.05, 4.69) is 29.2 Å². The summed E-state index contributed by atoms with van der Waals surface area (Å²) in [6.45, 7) is 3.57. The molecular formula is C27H32N2O3S. The maximum absolute atomic E-state index is 12.6. The zero-order chi connectivity index (χ0) is 23.1. The third-order valence-corrected chi connectivity index (χ3v) is 7.77. The minimum Gasteiger partial charge on any atom is -0.497 e. The quantitative estimate of drug-likeness (QED) is 0.317. The molecule has 3 aromatic rings. The average molecular weight is 465 g/mol. The van der Waals surface area contributed by atoms with Crippen molar-refractivity contribution in [2.45, 2.75) is 37.1 Å². The van der Waals surface area contributed by atoms with Gasteiger partial charge in [0.1, 0.15) is 12.0 Å². The van der Waals surface area contributed by atoms with E-state index in [1.807, 2.05) is 46.7 Å². The highest BCUT2D eigenvalue weighted by Gasteiger charge is 2.33. The topological polar surface area (TPSA) is 51.5 Å². The first-order chi connectivity index (χ1) is 16.1. The van der Waals surface area contributed by atoms with Crippen molar-refractivity contribution in [3.8, 4) is 5.75 Å². The number of piperidine rings is 1. The number of nitrogens with zero attached hydrogens (tertiary/aromatic N) is 2. The van der Waals surface area contributed by atoms with Crippen LogP contribution in [0, 0.1) is 5.41 Å². The van der Waals surface area contributed by atoms with Crippen molar-refractivity contribution in [2.75, 3.05) is 32.5 Å². The second-order valence-electron chi connectivity index (χ2n) is 8.83. The van der Waals surface area contributed by atoms with Gasteiger partial charge in [-0.05, 0) is 74.5 Å². The SMILES string of the molecule is COc1ccc2ccc(=O)n(CCCC3(C=O)CCN(CCSc4ccccc4)CC3)c2c1. The Morgan fingerprint density at radius 1 is 1.03 bits per heavy atom. The van der Waals surface area contributed by atoms with Crippen molar-refractivity contribution in [2.24, 2.45) is 5.41 Å². The normalized spacial score (nSPS) is 16.0. The molecule has 1 aliphatic rings. The predicted octanol–water partition coefficient (Wildman–Crippen LogP) is 4.86. The second-order valence-corrected chi connectivity index (χ2v) is 10.0. The Morgan fingerprint density at radius 3 is 2.52 bits per heavy atom. The van der Waals surface area contributed by atoms with Crippen LogP contribution in [0.3, 0.4) is 0 Å². The van der Waals surface area contributed by atoms with Gasteiger partial charge < -0.3 is 19.0 Å². The summed E-state index contributed by atoms with van der Waals surface area (Å²) in [5, 5.41) is 1.02. The third kappa shape index (κ3) is 5.87. The summed E-state index contributed by atoms with van der Waals surface area (Å²) in [6, 6.07) is 19.8. The minimum atomic E-state index is -0.269. The fraction of sp³-hybridized carbons (Fsp3) is 0.407. The molecule has 0 amide bonds. The van der Waals surface area contributed by atoms with E-state index in [4.69, 9.17) is 4.74 Å². The predicted molar refractivity (Wildman–Crippen MR) is 135 cm³/mol. The van der Waals surface area contributed by atoms with Crippen LogP contribution in [-0.4, -0.2) is 48.3 Å². The van der Waals surface area contributed by atoms with Gasteiger partial charge >= 0.3 is 0 Å². The van der Waals surface area contributed by atoms with E-state index >= 15 is 0 Å². The van der Waals surface area contributed by atoms with Gasteiger partial charge in [-0.15, -0.1) is 11.8 Å². The summed E-state index contributed by atoms with van der Waals surface area (Å²) in [4.78, 5) is 28.4. The van der Waals surface area contributed by atoms with Gasteiger partial charge in [0.2, 0.25) is 0 Å². The summed E-state index contributed by atoms with van der Waals surface area (Å²) in [5.74, 6) is 1.80. The van der Waals surface area contributed by atoms with Crippen LogP contribution in [0.25, 0.3) is 10.9 Å². The van der Waals surface area contributed by atoms with Gasteiger partial charge in [0.25, 0.3) is 5.56 Å². The molecular weight excluding hydrogens is 432 g/mol. The Balaban J connectivity index is 1.31. The van der Waals surface area contributed by atoms with Gasteiger partial charge in [-0.3, -0.25) is 4.79 Å². The van der Waals surface area contributed by atoms with Crippen LogP contribution in [-0.2, 0) is 11.3 Å². The lowest BCUT2D eigenvalue weighted by Gasteiger charge is -2.38. The number of likely N-dealkylation sites (tertiary alicyclic amines) is 1. The van der Waals surface area contributed by atoms with Gasteiger partial charge in [-0.2, -0.15) is 0 Å². The number of thioether (sulfide) groups is 1. The van der Waals surface area contributed by atoms with Gasteiger partial charge in [-0.25, -0.2) is 0 Å². The van der Waals surface area contributed by atoms with Crippen molar-refractivity contribution in [1.29, 1.82) is 0 Å². The van der Waals surface area contributed by atoms with Crippen LogP contribution < -0.4 is 10.3 Å². The van der Waals surface area contributed by atoms with E-state index in [-0.39, 0.29) is 11.0 Å². The molecule has 1 fully saturated rings. The molecule has 0 N–H and O–H groups in total. The maximum atomic E-state index is 12.6. The zero-order valence-electron chi connectivity index (χ0n) is 19.2. The van der Waals surface area contributed by atoms with Gasteiger partial charge in [0.15, 0.2) is 0 Å². The number of hydrogen-bond acceptors (Lipinski definition) is 5. The minimum absolute atomic E-state index is 0.0124. The highest BCUT2D eigenvalue weighted by molar-refractivity contribution is 7.99. The highest BCUT2D eigenvalue weighted by Crippen LogP contribution is 2.34. The molecule has 4 rings (SSSR count). The Hall–Kier alpha value is -2.57. The number of aryl methyl sites for hydroxylation is 1. The first-order valence-electron chi connectivity index (χ1n) is 11.7. The van der Waals surface area contributed by atoms with Gasteiger partial charge in [0.05, 0.1) is 12.6 Å². The molecule has 6 heteroatoms. The Labute approximate surface area is 199 Å². The molecule has 0 bridgehead atoms. The van der Waals surface area contributed by atoms with Crippen LogP contribution in [0.15, 0.2) is 70.4 Å². The summed E-state index contributed by atoms with van der Waals surface area (Å²) in [5.41, 5.74) is 0.601. The van der Waals surface area contributed by atoms with Gasteiger partial charge in [-0.1, -0.05) is 18.2 Å². The molecule has 33 heavy (non-hydrogen) atoms. The Kier molecular flexibility index (Phi) is 7.89. The number of fused-ring (bicyclic) bond motifs is 1. The van der Waals surface area contributed by atoms with Crippen molar-refractivity contribution in [1.82, 2.24) is 9.47 Å². The largest absolute Gasteiger partial charge is 0.497 e. The Bertz CT molecular complexity index is 1120. The molecule has 0 spiro atoms. The molecule has 0 unspecified atom stereocenters. The molecule has 174 valence electrons. The van der Waals surface area contributed by atoms with Crippen molar-refractivity contribution < 1.29 is 9.53 Å². The smallest absolute Gasteiger partial charge is 0.251 e. The fourth-order valence-corrected chi connectivity index (χ4v) is 5.61. The lowest BCUT2D eigenvalue weighted by atomic mass is 9.76. The molecule has 1 saturated heterocycles. The van der Waals surface area contributed by atoms with E-state index in [9.17, 15) is 9.59 Å². The van der Waals surface area contributed by atoms with Gasteiger partial charge in [0, 0.05) is 41.3 Å². The van der Waals surface area contributed by atoms with E-state index in [0.717, 1.165) is 67.7 Å². The number of hydrogen-bond donors (Lipinski definition) is 0. The number of methoxy groups -OCH3 is 1. The number of carbonyl (C=O) groups excluding carboxylic acids is 1. The van der Waals surface area contributed by atoms with Crippen molar-refractivity contribution >= 4 is 29.0 Å². The van der Waals surface area contributed by atoms with Crippen LogP contribution in [0.1, 0.15) is 25.7 Å². The maximum Gasteiger partial charge on any atom is 0.251 e. The van der Waals surface area contributed by atoms with E-state index < -0.39 is 0 Å². The number of aldehydes is 1. The first-order valence-corrected chi connectivity index (χ1v) is 12.7. The fourth-order valence-electron chi connectivity index (χ4n) is 4.67. The molecule has 0 radical (unpaired) electrons. The molecule has 2 aromatic carbocycles.